The SMILES string of the molecule is [2H]c1c([2H])c([2H])c(-c2cnc(-c3nccc4ccccc34)cc2C)c([2H])c1[2H]. The van der Waals surface area contributed by atoms with Gasteiger partial charge in [0.15, 0.2) is 0 Å². The van der Waals surface area contributed by atoms with Crippen molar-refractivity contribution in [1.82, 2.24) is 9.97 Å². The molecule has 0 saturated heterocycles. The van der Waals surface area contributed by atoms with Gasteiger partial charge in [0.2, 0.25) is 0 Å². The molecule has 0 saturated carbocycles. The second kappa shape index (κ2) is 5.65. The number of hydrogen-bond acceptors (Lipinski definition) is 2. The van der Waals surface area contributed by atoms with E-state index in [1.54, 1.807) is 12.4 Å². The smallest absolute Gasteiger partial charge is 0.0964 e. The van der Waals surface area contributed by atoms with Crippen molar-refractivity contribution in [3.05, 3.63) is 84.6 Å². The van der Waals surface area contributed by atoms with Gasteiger partial charge in [-0.1, -0.05) is 54.5 Å². The quantitative estimate of drug-likeness (QED) is 0.504. The van der Waals surface area contributed by atoms with Gasteiger partial charge < -0.3 is 0 Å². The van der Waals surface area contributed by atoms with E-state index in [9.17, 15) is 0 Å². The molecule has 0 radical (unpaired) electrons. The van der Waals surface area contributed by atoms with Crippen LogP contribution in [0.4, 0.5) is 0 Å². The fourth-order valence-corrected chi connectivity index (χ4v) is 2.66. The van der Waals surface area contributed by atoms with Crippen LogP contribution in [-0.4, -0.2) is 9.97 Å². The molecule has 0 spiro atoms. The fraction of sp³-hybridized carbons (Fsp3) is 0.0476. The lowest BCUT2D eigenvalue weighted by molar-refractivity contribution is 1.24. The van der Waals surface area contributed by atoms with E-state index in [2.05, 4.69) is 9.97 Å². The average molecular weight is 301 g/mol. The standard InChI is InChI=1S/C21H16N2/c1-15-13-20(23-14-19(15)16-7-3-2-4-8-16)21-18-10-6-5-9-17(18)11-12-22-21/h2-14H,1H3/i2D,3D,4D,7D,8D. The molecule has 2 aromatic heterocycles. The number of aryl methyl sites for hydroxylation is 1. The van der Waals surface area contributed by atoms with E-state index >= 15 is 0 Å². The van der Waals surface area contributed by atoms with E-state index in [4.69, 9.17) is 6.85 Å². The van der Waals surface area contributed by atoms with Gasteiger partial charge in [0.1, 0.15) is 0 Å². The van der Waals surface area contributed by atoms with E-state index < -0.39 is 6.04 Å². The summed E-state index contributed by atoms with van der Waals surface area (Å²) in [4.78, 5) is 8.98. The van der Waals surface area contributed by atoms with Crippen LogP contribution in [0.5, 0.6) is 0 Å². The summed E-state index contributed by atoms with van der Waals surface area (Å²) < 4.78 is 39.9. The summed E-state index contributed by atoms with van der Waals surface area (Å²) in [5.41, 5.74) is 2.85. The maximum atomic E-state index is 8.18. The number of rotatable bonds is 2. The van der Waals surface area contributed by atoms with E-state index in [1.807, 2.05) is 43.3 Å². The molecular formula is C21H16N2. The van der Waals surface area contributed by atoms with Crippen LogP contribution < -0.4 is 0 Å². The van der Waals surface area contributed by atoms with Gasteiger partial charge >= 0.3 is 0 Å². The molecule has 0 bridgehead atoms. The molecule has 2 heteroatoms. The van der Waals surface area contributed by atoms with Gasteiger partial charge in [-0.15, -0.1) is 0 Å². The number of aromatic nitrogens is 2. The van der Waals surface area contributed by atoms with E-state index in [-0.39, 0.29) is 29.7 Å². The van der Waals surface area contributed by atoms with Crippen molar-refractivity contribution in [2.24, 2.45) is 0 Å². The summed E-state index contributed by atoms with van der Waals surface area (Å²) in [6.45, 7) is 1.84. The molecule has 23 heavy (non-hydrogen) atoms. The molecule has 0 aliphatic carbocycles. The number of fused-ring (bicyclic) bond motifs is 1. The average Bonchev–Trinajstić information content (AvgIpc) is 2.71. The molecule has 2 heterocycles. The fourth-order valence-electron chi connectivity index (χ4n) is 2.66. The Balaban J connectivity index is 1.91. The molecule has 0 aliphatic heterocycles. The Kier molecular flexibility index (Phi) is 2.26. The molecule has 4 rings (SSSR count). The first-order valence-electron chi connectivity index (χ1n) is 9.78. The van der Waals surface area contributed by atoms with Crippen LogP contribution in [-0.2, 0) is 0 Å². The zero-order valence-corrected chi connectivity index (χ0v) is 12.5. The summed E-state index contributed by atoms with van der Waals surface area (Å²) in [5, 5.41) is 2.04. The summed E-state index contributed by atoms with van der Waals surface area (Å²) in [7, 11) is 0. The zero-order valence-electron chi connectivity index (χ0n) is 17.5. The van der Waals surface area contributed by atoms with Crippen LogP contribution in [0.3, 0.4) is 0 Å². The molecule has 0 fully saturated rings. The van der Waals surface area contributed by atoms with Gasteiger partial charge in [0.05, 0.1) is 18.2 Å². The first-order chi connectivity index (χ1) is 13.4. The Labute approximate surface area is 142 Å². The second-order valence-corrected chi connectivity index (χ2v) is 5.27. The van der Waals surface area contributed by atoms with Crippen molar-refractivity contribution in [2.75, 3.05) is 0 Å². The lowest BCUT2D eigenvalue weighted by Crippen LogP contribution is -1.92. The van der Waals surface area contributed by atoms with Crippen molar-refractivity contribution in [1.29, 1.82) is 0 Å². The lowest BCUT2D eigenvalue weighted by Gasteiger charge is -2.09. The second-order valence-electron chi connectivity index (χ2n) is 5.27. The van der Waals surface area contributed by atoms with Crippen LogP contribution in [0.1, 0.15) is 12.4 Å². The Hall–Kier alpha value is -3.00. The third-order valence-corrected chi connectivity index (χ3v) is 3.80. The first kappa shape index (κ1) is 9.21. The van der Waals surface area contributed by atoms with Crippen LogP contribution in [0.15, 0.2) is 79.0 Å². The van der Waals surface area contributed by atoms with E-state index in [0.717, 1.165) is 22.0 Å². The maximum absolute atomic E-state index is 8.18. The molecule has 0 N–H and O–H groups in total. The molecular weight excluding hydrogens is 280 g/mol. The van der Waals surface area contributed by atoms with Gasteiger partial charge in [-0.05, 0) is 35.6 Å². The molecule has 0 aliphatic rings. The lowest BCUT2D eigenvalue weighted by atomic mass is 10.0. The third kappa shape index (κ3) is 2.49. The number of benzene rings is 2. The highest BCUT2D eigenvalue weighted by Gasteiger charge is 2.09. The minimum absolute atomic E-state index is 0.161. The predicted molar refractivity (Wildman–Crippen MR) is 95.1 cm³/mol. The number of nitrogens with zero attached hydrogens (tertiary/aromatic N) is 2. The minimum Gasteiger partial charge on any atom is -0.254 e. The van der Waals surface area contributed by atoms with Crippen LogP contribution in [0.2, 0.25) is 0 Å². The largest absolute Gasteiger partial charge is 0.254 e. The maximum Gasteiger partial charge on any atom is 0.0964 e. The Morgan fingerprint density at radius 2 is 1.78 bits per heavy atom. The highest BCUT2D eigenvalue weighted by Crippen LogP contribution is 2.29. The minimum atomic E-state index is -0.402. The van der Waals surface area contributed by atoms with Gasteiger partial charge in [0, 0.05) is 23.3 Å². The summed E-state index contributed by atoms with van der Waals surface area (Å²) in [6.07, 6.45) is 3.29. The summed E-state index contributed by atoms with van der Waals surface area (Å²) in [6, 6.07) is 10.1. The van der Waals surface area contributed by atoms with Crippen molar-refractivity contribution < 1.29 is 6.85 Å². The third-order valence-electron chi connectivity index (χ3n) is 3.80. The molecule has 4 aromatic rings. The monoisotopic (exact) mass is 301 g/mol. The van der Waals surface area contributed by atoms with Gasteiger partial charge in [-0.25, -0.2) is 0 Å². The van der Waals surface area contributed by atoms with Gasteiger partial charge in [-0.3, -0.25) is 9.97 Å². The molecule has 110 valence electrons. The molecule has 0 amide bonds. The summed E-state index contributed by atoms with van der Waals surface area (Å²) in [5.74, 6) is 0. The molecule has 2 nitrogen and oxygen atoms in total. The normalized spacial score (nSPS) is 13.9. The highest BCUT2D eigenvalue weighted by molar-refractivity contribution is 5.93. The Bertz CT molecular complexity index is 1200. The zero-order chi connectivity index (χ0) is 20.0. The molecule has 0 atom stereocenters. The highest BCUT2D eigenvalue weighted by atomic mass is 14.8. The van der Waals surface area contributed by atoms with Gasteiger partial charge in [-0.2, -0.15) is 0 Å². The van der Waals surface area contributed by atoms with Crippen molar-refractivity contribution >= 4 is 10.8 Å². The van der Waals surface area contributed by atoms with E-state index in [0.29, 0.717) is 11.3 Å². The molecule has 2 aromatic carbocycles. The Morgan fingerprint density at radius 3 is 2.61 bits per heavy atom. The van der Waals surface area contributed by atoms with E-state index in [1.165, 1.54) is 0 Å². The Morgan fingerprint density at radius 1 is 0.957 bits per heavy atom. The van der Waals surface area contributed by atoms with Crippen molar-refractivity contribution in [2.45, 2.75) is 6.92 Å². The van der Waals surface area contributed by atoms with Crippen molar-refractivity contribution in [3.8, 4) is 22.5 Å². The predicted octanol–water partition coefficient (Wildman–Crippen LogP) is 5.27. The number of hydrogen-bond donors (Lipinski definition) is 0. The van der Waals surface area contributed by atoms with Crippen LogP contribution in [0, 0.1) is 6.92 Å². The topological polar surface area (TPSA) is 25.8 Å². The first-order valence-corrected chi connectivity index (χ1v) is 7.28. The molecule has 0 unspecified atom stereocenters. The van der Waals surface area contributed by atoms with Crippen LogP contribution in [0.25, 0.3) is 33.3 Å². The van der Waals surface area contributed by atoms with Crippen LogP contribution >= 0.6 is 0 Å². The summed E-state index contributed by atoms with van der Waals surface area (Å²) >= 11 is 0. The van der Waals surface area contributed by atoms with Crippen molar-refractivity contribution in [3.63, 3.8) is 0 Å². The van der Waals surface area contributed by atoms with Gasteiger partial charge in [0.25, 0.3) is 0 Å². The number of pyridine rings is 2.